The summed E-state index contributed by atoms with van der Waals surface area (Å²) >= 11 is 11.1. The van der Waals surface area contributed by atoms with Gasteiger partial charge in [-0.25, -0.2) is 0 Å². The molecule has 1 aromatic heterocycles. The van der Waals surface area contributed by atoms with Gasteiger partial charge in [0.25, 0.3) is 0 Å². The molecule has 0 bridgehead atoms. The van der Waals surface area contributed by atoms with Gasteiger partial charge in [-0.1, -0.05) is 23.7 Å². The monoisotopic (exact) mass is 426 g/mol. The number of halogens is 1. The van der Waals surface area contributed by atoms with Crippen LogP contribution in [0.5, 0.6) is 5.75 Å². The summed E-state index contributed by atoms with van der Waals surface area (Å²) in [6.45, 7) is 2.43. The fourth-order valence-corrected chi connectivity index (χ4v) is 2.86. The van der Waals surface area contributed by atoms with E-state index in [0.717, 1.165) is 5.56 Å². The van der Waals surface area contributed by atoms with Crippen LogP contribution in [-0.4, -0.2) is 17.6 Å². The zero-order chi connectivity index (χ0) is 20.6. The number of hydrogen-bond acceptors (Lipinski definition) is 4. The van der Waals surface area contributed by atoms with Crippen LogP contribution in [0.25, 0.3) is 17.4 Å². The minimum atomic E-state index is -0.374. The summed E-state index contributed by atoms with van der Waals surface area (Å²) < 4.78 is 11.3. The molecule has 5 nitrogen and oxygen atoms in total. The van der Waals surface area contributed by atoms with Crippen molar-refractivity contribution in [3.63, 3.8) is 0 Å². The molecule has 2 N–H and O–H groups in total. The molecule has 0 unspecified atom stereocenters. The lowest BCUT2D eigenvalue weighted by atomic mass is 10.2. The number of carbonyl (C=O) groups is 1. The first-order valence-corrected chi connectivity index (χ1v) is 9.71. The number of ether oxygens (including phenoxy) is 1. The first kappa shape index (κ1) is 20.6. The molecule has 148 valence electrons. The highest BCUT2D eigenvalue weighted by atomic mass is 35.5. The molecule has 0 fully saturated rings. The molecule has 3 aromatic rings. The quantitative estimate of drug-likeness (QED) is 0.401. The molecule has 0 atom stereocenters. The van der Waals surface area contributed by atoms with Crippen LogP contribution in [0.4, 0.5) is 5.69 Å². The third kappa shape index (κ3) is 5.94. The number of carbonyl (C=O) groups excluding carboxylic acids is 1. The normalized spacial score (nSPS) is 10.7. The SMILES string of the molecule is CCOc1ccccc1NC(=S)NC(=O)C=Cc1ccc(-c2ccc(Cl)cc2)o1. The minimum Gasteiger partial charge on any atom is -0.492 e. The fourth-order valence-electron chi connectivity index (χ4n) is 2.53. The number of amides is 1. The van der Waals surface area contributed by atoms with Crippen molar-refractivity contribution in [2.75, 3.05) is 11.9 Å². The number of hydrogen-bond donors (Lipinski definition) is 2. The van der Waals surface area contributed by atoms with Crippen LogP contribution < -0.4 is 15.4 Å². The predicted octanol–water partition coefficient (Wildman–Crippen LogP) is 5.53. The first-order valence-electron chi connectivity index (χ1n) is 8.93. The van der Waals surface area contributed by atoms with Gasteiger partial charge in [0, 0.05) is 16.7 Å². The average molecular weight is 427 g/mol. The molecule has 0 aliphatic rings. The van der Waals surface area contributed by atoms with Crippen LogP contribution >= 0.6 is 23.8 Å². The van der Waals surface area contributed by atoms with E-state index in [-0.39, 0.29) is 11.0 Å². The lowest BCUT2D eigenvalue weighted by Crippen LogP contribution is -2.32. The topological polar surface area (TPSA) is 63.5 Å². The lowest BCUT2D eigenvalue weighted by molar-refractivity contribution is -0.115. The minimum absolute atomic E-state index is 0.174. The number of thiocarbonyl (C=S) groups is 1. The molecule has 7 heteroatoms. The molecule has 3 rings (SSSR count). The van der Waals surface area contributed by atoms with E-state index < -0.39 is 0 Å². The number of para-hydroxylation sites is 2. The van der Waals surface area contributed by atoms with Gasteiger partial charge in [-0.3, -0.25) is 10.1 Å². The molecule has 0 saturated carbocycles. The van der Waals surface area contributed by atoms with Crippen molar-refractivity contribution in [1.82, 2.24) is 5.32 Å². The van der Waals surface area contributed by atoms with E-state index >= 15 is 0 Å². The summed E-state index contributed by atoms with van der Waals surface area (Å²) in [5, 5.41) is 6.39. The van der Waals surface area contributed by atoms with Gasteiger partial charge in [-0.05, 0) is 73.7 Å². The van der Waals surface area contributed by atoms with E-state index in [4.69, 9.17) is 33.0 Å². The Kier molecular flexibility index (Phi) is 7.05. The molecular weight excluding hydrogens is 408 g/mol. The van der Waals surface area contributed by atoms with Crippen LogP contribution in [0.3, 0.4) is 0 Å². The maximum absolute atomic E-state index is 12.1. The molecule has 0 aliphatic heterocycles. The Morgan fingerprint density at radius 3 is 2.66 bits per heavy atom. The van der Waals surface area contributed by atoms with Crippen LogP contribution in [0.2, 0.25) is 5.02 Å². The van der Waals surface area contributed by atoms with Gasteiger partial charge in [0.2, 0.25) is 5.91 Å². The molecule has 0 saturated heterocycles. The smallest absolute Gasteiger partial charge is 0.250 e. The molecule has 2 aromatic carbocycles. The van der Waals surface area contributed by atoms with Crippen molar-refractivity contribution in [3.8, 4) is 17.1 Å². The number of benzene rings is 2. The van der Waals surface area contributed by atoms with Gasteiger partial charge in [0.05, 0.1) is 12.3 Å². The summed E-state index contributed by atoms with van der Waals surface area (Å²) in [6.07, 6.45) is 2.93. The maximum Gasteiger partial charge on any atom is 0.250 e. The number of anilines is 1. The van der Waals surface area contributed by atoms with Gasteiger partial charge < -0.3 is 14.5 Å². The van der Waals surface area contributed by atoms with Gasteiger partial charge in [-0.15, -0.1) is 0 Å². The first-order chi connectivity index (χ1) is 14.0. The predicted molar refractivity (Wildman–Crippen MR) is 120 cm³/mol. The fraction of sp³-hybridized carbons (Fsp3) is 0.0909. The van der Waals surface area contributed by atoms with Crippen molar-refractivity contribution >= 4 is 46.6 Å². The third-order valence-corrected chi connectivity index (χ3v) is 4.28. The van der Waals surface area contributed by atoms with Crippen LogP contribution in [-0.2, 0) is 4.79 Å². The van der Waals surface area contributed by atoms with E-state index in [1.807, 2.05) is 49.4 Å². The second kappa shape index (κ2) is 9.91. The third-order valence-electron chi connectivity index (χ3n) is 3.83. The molecular formula is C22H19ClN2O3S. The van der Waals surface area contributed by atoms with Crippen LogP contribution in [0, 0.1) is 0 Å². The molecule has 1 amide bonds. The Morgan fingerprint density at radius 1 is 1.14 bits per heavy atom. The molecule has 0 radical (unpaired) electrons. The summed E-state index contributed by atoms with van der Waals surface area (Å²) in [5.74, 6) is 1.52. The average Bonchev–Trinajstić information content (AvgIpc) is 3.18. The number of furan rings is 1. The maximum atomic E-state index is 12.1. The van der Waals surface area contributed by atoms with Crippen LogP contribution in [0.15, 0.2) is 71.2 Å². The van der Waals surface area contributed by atoms with Gasteiger partial charge in [0.1, 0.15) is 17.3 Å². The number of nitrogens with one attached hydrogen (secondary N) is 2. The second-order valence-corrected chi connectivity index (χ2v) is 6.76. The molecule has 0 aliphatic carbocycles. The van der Waals surface area contributed by atoms with Crippen molar-refractivity contribution < 1.29 is 13.9 Å². The Balaban J connectivity index is 1.57. The van der Waals surface area contributed by atoms with Gasteiger partial charge in [-0.2, -0.15) is 0 Å². The highest BCUT2D eigenvalue weighted by Gasteiger charge is 2.07. The van der Waals surface area contributed by atoms with Crippen molar-refractivity contribution in [1.29, 1.82) is 0 Å². The van der Waals surface area contributed by atoms with Gasteiger partial charge in [0.15, 0.2) is 5.11 Å². The Hall–Kier alpha value is -3.09. The van der Waals surface area contributed by atoms with Crippen LogP contribution in [0.1, 0.15) is 12.7 Å². The Bertz CT molecular complexity index is 1030. The van der Waals surface area contributed by atoms with E-state index in [2.05, 4.69) is 10.6 Å². The highest BCUT2D eigenvalue weighted by Crippen LogP contribution is 2.25. The lowest BCUT2D eigenvalue weighted by Gasteiger charge is -2.12. The highest BCUT2D eigenvalue weighted by molar-refractivity contribution is 7.80. The summed E-state index contributed by atoms with van der Waals surface area (Å²) in [4.78, 5) is 12.1. The molecule has 0 spiro atoms. The van der Waals surface area contributed by atoms with Gasteiger partial charge >= 0.3 is 0 Å². The zero-order valence-electron chi connectivity index (χ0n) is 15.6. The summed E-state index contributed by atoms with van der Waals surface area (Å²) in [6, 6.07) is 18.3. The summed E-state index contributed by atoms with van der Waals surface area (Å²) in [7, 11) is 0. The zero-order valence-corrected chi connectivity index (χ0v) is 17.2. The van der Waals surface area contributed by atoms with Crippen molar-refractivity contribution in [3.05, 3.63) is 77.5 Å². The Morgan fingerprint density at radius 2 is 1.90 bits per heavy atom. The largest absolute Gasteiger partial charge is 0.492 e. The van der Waals surface area contributed by atoms with Crippen molar-refractivity contribution in [2.24, 2.45) is 0 Å². The summed E-state index contributed by atoms with van der Waals surface area (Å²) in [5.41, 5.74) is 1.58. The number of rotatable bonds is 6. The Labute approximate surface area is 179 Å². The standard InChI is InChI=1S/C22H19ClN2O3S/c1-2-27-20-6-4-3-5-18(20)24-22(29)25-21(26)14-12-17-11-13-19(28-17)15-7-9-16(23)10-8-15/h3-14H,2H2,1H3,(H2,24,25,26,29). The van der Waals surface area contributed by atoms with E-state index in [1.54, 1.807) is 24.3 Å². The molecule has 29 heavy (non-hydrogen) atoms. The van der Waals surface area contributed by atoms with E-state index in [1.165, 1.54) is 6.08 Å². The van der Waals surface area contributed by atoms with E-state index in [9.17, 15) is 4.79 Å². The van der Waals surface area contributed by atoms with Crippen molar-refractivity contribution in [2.45, 2.75) is 6.92 Å². The second-order valence-electron chi connectivity index (χ2n) is 5.91. The molecule has 1 heterocycles. The van der Waals surface area contributed by atoms with E-state index in [0.29, 0.717) is 34.6 Å².